The zero-order chi connectivity index (χ0) is 14.7. The molecule has 20 heavy (non-hydrogen) atoms. The number of carbonyl (C=O) groups is 2. The molecular formula is C14H16ClNO4. The van der Waals surface area contributed by atoms with Crippen molar-refractivity contribution in [3.05, 3.63) is 23.2 Å². The number of benzene rings is 1. The van der Waals surface area contributed by atoms with E-state index in [2.05, 4.69) is 5.32 Å². The summed E-state index contributed by atoms with van der Waals surface area (Å²) in [5.41, 5.74) is 0.583. The molecule has 1 aliphatic rings. The molecule has 2 N–H and O–H groups in total. The van der Waals surface area contributed by atoms with E-state index in [0.717, 1.165) is 0 Å². The van der Waals surface area contributed by atoms with E-state index < -0.39 is 11.9 Å². The molecule has 0 aliphatic heterocycles. The molecular weight excluding hydrogens is 282 g/mol. The quantitative estimate of drug-likeness (QED) is 0.896. The van der Waals surface area contributed by atoms with Gasteiger partial charge < -0.3 is 15.2 Å². The molecule has 0 radical (unpaired) electrons. The number of carboxylic acids is 1. The Morgan fingerprint density at radius 2 is 2.05 bits per heavy atom. The lowest BCUT2D eigenvalue weighted by molar-refractivity contribution is -0.141. The smallest absolute Gasteiger partial charge is 0.306 e. The maximum Gasteiger partial charge on any atom is 0.306 e. The number of ether oxygens (including phenoxy) is 1. The number of halogens is 1. The average Bonchev–Trinajstić information content (AvgIpc) is 2.88. The van der Waals surface area contributed by atoms with E-state index in [0.29, 0.717) is 35.7 Å². The van der Waals surface area contributed by atoms with Crippen molar-refractivity contribution in [3.63, 3.8) is 0 Å². The van der Waals surface area contributed by atoms with Crippen LogP contribution < -0.4 is 10.1 Å². The van der Waals surface area contributed by atoms with Crippen LogP contribution >= 0.6 is 11.6 Å². The lowest BCUT2D eigenvalue weighted by atomic mass is 10.0. The molecule has 1 aromatic rings. The summed E-state index contributed by atoms with van der Waals surface area (Å²) < 4.78 is 5.04. The number of nitrogens with one attached hydrogen (secondary N) is 1. The first-order valence-electron chi connectivity index (χ1n) is 6.38. The zero-order valence-corrected chi connectivity index (χ0v) is 11.8. The summed E-state index contributed by atoms with van der Waals surface area (Å²) in [6.07, 6.45) is 1.55. The molecule has 0 saturated heterocycles. The predicted octanol–water partition coefficient (Wildman–Crippen LogP) is 2.79. The van der Waals surface area contributed by atoms with Gasteiger partial charge in [0.1, 0.15) is 5.75 Å². The lowest BCUT2D eigenvalue weighted by Crippen LogP contribution is -2.21. The van der Waals surface area contributed by atoms with Gasteiger partial charge in [-0.15, -0.1) is 0 Å². The molecule has 1 aromatic carbocycles. The van der Waals surface area contributed by atoms with Gasteiger partial charge in [0.05, 0.1) is 18.1 Å². The number of methoxy groups -OCH3 is 1. The average molecular weight is 298 g/mol. The minimum Gasteiger partial charge on any atom is -0.495 e. The summed E-state index contributed by atoms with van der Waals surface area (Å²) in [7, 11) is 1.52. The van der Waals surface area contributed by atoms with Crippen molar-refractivity contribution >= 4 is 29.2 Å². The molecule has 1 amide bonds. The normalized spacial score (nSPS) is 21.5. The third-order valence-electron chi connectivity index (χ3n) is 3.57. The Morgan fingerprint density at radius 1 is 1.35 bits per heavy atom. The summed E-state index contributed by atoms with van der Waals surface area (Å²) in [6.45, 7) is 0. The monoisotopic (exact) mass is 297 g/mol. The molecule has 5 nitrogen and oxygen atoms in total. The summed E-state index contributed by atoms with van der Waals surface area (Å²) in [5.74, 6) is -1.11. The first-order valence-corrected chi connectivity index (χ1v) is 6.76. The molecule has 1 fully saturated rings. The minimum absolute atomic E-state index is 0.157. The van der Waals surface area contributed by atoms with Gasteiger partial charge in [-0.2, -0.15) is 0 Å². The highest BCUT2D eigenvalue weighted by atomic mass is 35.5. The molecule has 0 heterocycles. The SMILES string of the molecule is COc1ccc(NC(=O)C2CCC(C(=O)O)C2)cc1Cl. The minimum atomic E-state index is -0.826. The number of carbonyl (C=O) groups excluding carboxylic acids is 1. The summed E-state index contributed by atoms with van der Waals surface area (Å²) in [6, 6.07) is 4.99. The molecule has 0 spiro atoms. The van der Waals surface area contributed by atoms with Gasteiger partial charge in [0.25, 0.3) is 0 Å². The van der Waals surface area contributed by atoms with Crippen LogP contribution in [0.2, 0.25) is 5.02 Å². The Hall–Kier alpha value is -1.75. The third-order valence-corrected chi connectivity index (χ3v) is 3.87. The maximum absolute atomic E-state index is 12.1. The summed E-state index contributed by atoms with van der Waals surface area (Å²) in [5, 5.41) is 12.1. The van der Waals surface area contributed by atoms with E-state index in [9.17, 15) is 9.59 Å². The van der Waals surface area contributed by atoms with Crippen LogP contribution in [0.4, 0.5) is 5.69 Å². The second-order valence-electron chi connectivity index (χ2n) is 4.88. The highest BCUT2D eigenvalue weighted by molar-refractivity contribution is 6.32. The molecule has 2 rings (SSSR count). The number of aliphatic carboxylic acids is 1. The second-order valence-corrected chi connectivity index (χ2v) is 5.29. The molecule has 2 unspecified atom stereocenters. The van der Waals surface area contributed by atoms with Gasteiger partial charge in [-0.05, 0) is 37.5 Å². The van der Waals surface area contributed by atoms with Crippen LogP contribution in [0.3, 0.4) is 0 Å². The van der Waals surface area contributed by atoms with Crippen molar-refractivity contribution in [2.45, 2.75) is 19.3 Å². The fraction of sp³-hybridized carbons (Fsp3) is 0.429. The maximum atomic E-state index is 12.1. The Bertz CT molecular complexity index is 532. The van der Waals surface area contributed by atoms with Crippen LogP contribution in [0.1, 0.15) is 19.3 Å². The van der Waals surface area contributed by atoms with Gasteiger partial charge in [0.2, 0.25) is 5.91 Å². The molecule has 0 aromatic heterocycles. The van der Waals surface area contributed by atoms with E-state index in [1.807, 2.05) is 0 Å². The van der Waals surface area contributed by atoms with Crippen LogP contribution in [-0.2, 0) is 9.59 Å². The second kappa shape index (κ2) is 6.13. The molecule has 1 saturated carbocycles. The van der Waals surface area contributed by atoms with Crippen LogP contribution in [0.25, 0.3) is 0 Å². The highest BCUT2D eigenvalue weighted by Crippen LogP contribution is 2.33. The third kappa shape index (κ3) is 3.22. The molecule has 2 atom stereocenters. The van der Waals surface area contributed by atoms with E-state index in [1.165, 1.54) is 7.11 Å². The summed E-state index contributed by atoms with van der Waals surface area (Å²) in [4.78, 5) is 23.0. The van der Waals surface area contributed by atoms with Crippen molar-refractivity contribution in [2.75, 3.05) is 12.4 Å². The Kier molecular flexibility index (Phi) is 4.49. The van der Waals surface area contributed by atoms with Crippen molar-refractivity contribution in [3.8, 4) is 5.75 Å². The lowest BCUT2D eigenvalue weighted by Gasteiger charge is -2.12. The number of rotatable bonds is 4. The first-order chi connectivity index (χ1) is 9.51. The van der Waals surface area contributed by atoms with Crippen molar-refractivity contribution < 1.29 is 19.4 Å². The topological polar surface area (TPSA) is 75.6 Å². The molecule has 1 aliphatic carbocycles. The Balaban J connectivity index is 1.98. The Morgan fingerprint density at radius 3 is 2.60 bits per heavy atom. The molecule has 108 valence electrons. The van der Waals surface area contributed by atoms with Crippen LogP contribution in [0.15, 0.2) is 18.2 Å². The Labute approximate surface area is 121 Å². The first kappa shape index (κ1) is 14.7. The number of carboxylic acid groups (broad SMARTS) is 1. The predicted molar refractivity (Wildman–Crippen MR) is 75.1 cm³/mol. The number of amides is 1. The molecule has 0 bridgehead atoms. The van der Waals surface area contributed by atoms with Gasteiger partial charge in [-0.3, -0.25) is 9.59 Å². The van der Waals surface area contributed by atoms with Crippen LogP contribution in [0, 0.1) is 11.8 Å². The number of anilines is 1. The molecule has 6 heteroatoms. The largest absolute Gasteiger partial charge is 0.495 e. The fourth-order valence-electron chi connectivity index (χ4n) is 2.43. The van der Waals surface area contributed by atoms with Crippen molar-refractivity contribution in [1.29, 1.82) is 0 Å². The summed E-state index contributed by atoms with van der Waals surface area (Å²) >= 11 is 5.98. The van der Waals surface area contributed by atoms with E-state index >= 15 is 0 Å². The van der Waals surface area contributed by atoms with Gasteiger partial charge in [-0.25, -0.2) is 0 Å². The van der Waals surface area contributed by atoms with Crippen LogP contribution in [-0.4, -0.2) is 24.1 Å². The van der Waals surface area contributed by atoms with E-state index in [4.69, 9.17) is 21.4 Å². The van der Waals surface area contributed by atoms with Crippen molar-refractivity contribution in [2.24, 2.45) is 11.8 Å². The van der Waals surface area contributed by atoms with Gasteiger partial charge in [-0.1, -0.05) is 11.6 Å². The van der Waals surface area contributed by atoms with Crippen LogP contribution in [0.5, 0.6) is 5.75 Å². The highest BCUT2D eigenvalue weighted by Gasteiger charge is 2.33. The number of hydrogen-bond donors (Lipinski definition) is 2. The van der Waals surface area contributed by atoms with E-state index in [1.54, 1.807) is 18.2 Å². The van der Waals surface area contributed by atoms with Gasteiger partial charge in [0.15, 0.2) is 0 Å². The fourth-order valence-corrected chi connectivity index (χ4v) is 2.69. The van der Waals surface area contributed by atoms with Gasteiger partial charge >= 0.3 is 5.97 Å². The van der Waals surface area contributed by atoms with E-state index in [-0.39, 0.29) is 11.8 Å². The zero-order valence-electron chi connectivity index (χ0n) is 11.1. The van der Waals surface area contributed by atoms with Gasteiger partial charge in [0, 0.05) is 11.6 Å². The van der Waals surface area contributed by atoms with Crippen molar-refractivity contribution in [1.82, 2.24) is 0 Å². The number of hydrogen-bond acceptors (Lipinski definition) is 3. The standard InChI is InChI=1S/C14H16ClNO4/c1-20-12-5-4-10(7-11(12)15)16-13(17)8-2-3-9(6-8)14(18)19/h4-5,7-9H,2-3,6H2,1H3,(H,16,17)(H,18,19).